The Kier molecular flexibility index (Phi) is 6.32. The molecule has 3 aromatic rings. The maximum absolute atomic E-state index is 11.9. The highest BCUT2D eigenvalue weighted by molar-refractivity contribution is 8.00. The molecule has 132 valence electrons. The van der Waals surface area contributed by atoms with Crippen molar-refractivity contribution in [3.05, 3.63) is 42.4 Å². The summed E-state index contributed by atoms with van der Waals surface area (Å²) in [6.45, 7) is 1.56. The van der Waals surface area contributed by atoms with E-state index >= 15 is 0 Å². The van der Waals surface area contributed by atoms with Crippen LogP contribution >= 0.6 is 23.1 Å². The van der Waals surface area contributed by atoms with Crippen molar-refractivity contribution in [3.63, 3.8) is 0 Å². The number of furan rings is 1. The largest absolute Gasteiger partial charge is 0.467 e. The van der Waals surface area contributed by atoms with Crippen LogP contribution in [0.5, 0.6) is 0 Å². The number of rotatable bonds is 8. The van der Waals surface area contributed by atoms with Gasteiger partial charge in [0.05, 0.1) is 16.5 Å². The van der Waals surface area contributed by atoms with Crippen molar-refractivity contribution in [2.24, 2.45) is 0 Å². The highest BCUT2D eigenvalue weighted by Crippen LogP contribution is 2.29. The van der Waals surface area contributed by atoms with Crippen LogP contribution in [-0.2, 0) is 11.3 Å². The SMILES string of the molecule is CSc1nc2ccc(NC(=O)NCCCOCc3ccco3)cc2s1. The summed E-state index contributed by atoms with van der Waals surface area (Å²) in [4.78, 5) is 16.4. The molecule has 0 radical (unpaired) electrons. The predicted octanol–water partition coefficient (Wildman–Crippen LogP) is 4.34. The van der Waals surface area contributed by atoms with Crippen LogP contribution in [-0.4, -0.2) is 30.4 Å². The topological polar surface area (TPSA) is 76.4 Å². The third-order valence-electron chi connectivity index (χ3n) is 3.38. The molecule has 0 saturated heterocycles. The number of fused-ring (bicyclic) bond motifs is 1. The minimum Gasteiger partial charge on any atom is -0.467 e. The van der Waals surface area contributed by atoms with E-state index in [-0.39, 0.29) is 6.03 Å². The number of thiazole rings is 1. The highest BCUT2D eigenvalue weighted by Gasteiger charge is 2.06. The average molecular weight is 377 g/mol. The maximum Gasteiger partial charge on any atom is 0.319 e. The van der Waals surface area contributed by atoms with Crippen LogP contribution < -0.4 is 10.6 Å². The standard InChI is InChI=1S/C17H19N3O3S2/c1-24-17-20-14-6-5-12(10-15(14)25-17)19-16(21)18-7-3-8-22-11-13-4-2-9-23-13/h2,4-6,9-10H,3,7-8,11H2,1H3,(H2,18,19,21). The van der Waals surface area contributed by atoms with Gasteiger partial charge in [0.1, 0.15) is 12.4 Å². The Balaban J connectivity index is 1.37. The van der Waals surface area contributed by atoms with E-state index in [0.717, 1.165) is 32.4 Å². The van der Waals surface area contributed by atoms with Gasteiger partial charge in [-0.25, -0.2) is 9.78 Å². The Morgan fingerprint density at radius 1 is 1.40 bits per heavy atom. The fourth-order valence-electron chi connectivity index (χ4n) is 2.19. The van der Waals surface area contributed by atoms with Gasteiger partial charge in [0, 0.05) is 18.8 Å². The van der Waals surface area contributed by atoms with E-state index in [2.05, 4.69) is 15.6 Å². The van der Waals surface area contributed by atoms with Crippen molar-refractivity contribution in [1.29, 1.82) is 0 Å². The number of urea groups is 1. The lowest BCUT2D eigenvalue weighted by atomic mass is 10.3. The van der Waals surface area contributed by atoms with Crippen LogP contribution in [0.3, 0.4) is 0 Å². The molecule has 0 saturated carbocycles. The molecule has 2 amide bonds. The van der Waals surface area contributed by atoms with Gasteiger partial charge in [-0.15, -0.1) is 11.3 Å². The third-order valence-corrected chi connectivity index (χ3v) is 5.38. The number of carbonyl (C=O) groups excluding carboxylic acids is 1. The van der Waals surface area contributed by atoms with Crippen LogP contribution in [0.1, 0.15) is 12.2 Å². The fraction of sp³-hybridized carbons (Fsp3) is 0.294. The van der Waals surface area contributed by atoms with E-state index < -0.39 is 0 Å². The second-order valence-electron chi connectivity index (χ2n) is 5.23. The number of hydrogen-bond acceptors (Lipinski definition) is 6. The molecule has 2 N–H and O–H groups in total. The van der Waals surface area contributed by atoms with Gasteiger partial charge in [-0.1, -0.05) is 11.8 Å². The zero-order chi connectivity index (χ0) is 17.5. The number of hydrogen-bond donors (Lipinski definition) is 2. The summed E-state index contributed by atoms with van der Waals surface area (Å²) in [5.74, 6) is 0.800. The van der Waals surface area contributed by atoms with Gasteiger partial charge in [-0.3, -0.25) is 0 Å². The molecule has 0 atom stereocenters. The number of benzene rings is 1. The first-order valence-electron chi connectivity index (χ1n) is 7.84. The molecule has 0 unspecified atom stereocenters. The van der Waals surface area contributed by atoms with Crippen LogP contribution in [0.4, 0.5) is 10.5 Å². The van der Waals surface area contributed by atoms with Gasteiger partial charge >= 0.3 is 6.03 Å². The summed E-state index contributed by atoms with van der Waals surface area (Å²) in [5.41, 5.74) is 1.71. The quantitative estimate of drug-likeness (QED) is 0.451. The highest BCUT2D eigenvalue weighted by atomic mass is 32.2. The summed E-state index contributed by atoms with van der Waals surface area (Å²) >= 11 is 3.24. The molecule has 3 rings (SSSR count). The number of ether oxygens (including phenoxy) is 1. The Hall–Kier alpha value is -2.03. The fourth-order valence-corrected chi connectivity index (χ4v) is 3.72. The maximum atomic E-state index is 11.9. The lowest BCUT2D eigenvalue weighted by Crippen LogP contribution is -2.30. The summed E-state index contributed by atoms with van der Waals surface area (Å²) in [6.07, 6.45) is 4.36. The average Bonchev–Trinajstić information content (AvgIpc) is 3.26. The third kappa shape index (κ3) is 5.22. The number of amides is 2. The molecule has 2 heterocycles. The number of carbonyl (C=O) groups is 1. The first kappa shape index (κ1) is 17.8. The minimum absolute atomic E-state index is 0.222. The molecule has 0 bridgehead atoms. The summed E-state index contributed by atoms with van der Waals surface area (Å²) < 4.78 is 12.7. The zero-order valence-corrected chi connectivity index (χ0v) is 15.4. The molecule has 0 aliphatic carbocycles. The first-order valence-corrected chi connectivity index (χ1v) is 9.88. The molecule has 0 aliphatic heterocycles. The van der Waals surface area contributed by atoms with Crippen LogP contribution in [0.2, 0.25) is 0 Å². The molecule has 1 aromatic carbocycles. The van der Waals surface area contributed by atoms with Crippen molar-refractivity contribution in [3.8, 4) is 0 Å². The molecular weight excluding hydrogens is 358 g/mol. The van der Waals surface area contributed by atoms with Gasteiger partial charge in [-0.2, -0.15) is 0 Å². The van der Waals surface area contributed by atoms with E-state index in [4.69, 9.17) is 9.15 Å². The molecular formula is C17H19N3O3S2. The lowest BCUT2D eigenvalue weighted by molar-refractivity contribution is 0.104. The molecule has 2 aromatic heterocycles. The van der Waals surface area contributed by atoms with Gasteiger partial charge < -0.3 is 19.8 Å². The Morgan fingerprint density at radius 2 is 2.32 bits per heavy atom. The van der Waals surface area contributed by atoms with Crippen LogP contribution in [0, 0.1) is 0 Å². The van der Waals surface area contributed by atoms with Crippen molar-refractivity contribution >= 4 is 45.0 Å². The lowest BCUT2D eigenvalue weighted by Gasteiger charge is -2.07. The molecule has 6 nitrogen and oxygen atoms in total. The number of anilines is 1. The smallest absolute Gasteiger partial charge is 0.319 e. The van der Waals surface area contributed by atoms with E-state index in [9.17, 15) is 4.79 Å². The first-order chi connectivity index (χ1) is 12.2. The van der Waals surface area contributed by atoms with E-state index in [1.165, 1.54) is 0 Å². The Bertz CT molecular complexity index is 818. The number of aromatic nitrogens is 1. The van der Waals surface area contributed by atoms with Gasteiger partial charge in [0.15, 0.2) is 4.34 Å². The van der Waals surface area contributed by atoms with Crippen LogP contribution in [0.15, 0.2) is 45.4 Å². The number of thioether (sulfide) groups is 1. The summed E-state index contributed by atoms with van der Waals surface area (Å²) in [6, 6.07) is 9.20. The van der Waals surface area contributed by atoms with E-state index in [0.29, 0.717) is 19.8 Å². The Morgan fingerprint density at radius 3 is 3.12 bits per heavy atom. The van der Waals surface area contributed by atoms with E-state index in [1.54, 1.807) is 29.4 Å². The van der Waals surface area contributed by atoms with Crippen molar-refractivity contribution in [1.82, 2.24) is 10.3 Å². The van der Waals surface area contributed by atoms with Crippen molar-refractivity contribution in [2.75, 3.05) is 24.7 Å². The van der Waals surface area contributed by atoms with Gasteiger partial charge in [-0.05, 0) is 43.0 Å². The number of nitrogens with one attached hydrogen (secondary N) is 2. The van der Waals surface area contributed by atoms with Gasteiger partial charge in [0.2, 0.25) is 0 Å². The van der Waals surface area contributed by atoms with Gasteiger partial charge in [0.25, 0.3) is 0 Å². The molecule has 0 aliphatic rings. The predicted molar refractivity (Wildman–Crippen MR) is 101 cm³/mol. The molecule has 8 heteroatoms. The molecule has 0 spiro atoms. The Labute approximate surface area is 154 Å². The minimum atomic E-state index is -0.222. The summed E-state index contributed by atoms with van der Waals surface area (Å²) in [7, 11) is 0. The zero-order valence-electron chi connectivity index (χ0n) is 13.8. The summed E-state index contributed by atoms with van der Waals surface area (Å²) in [5, 5.41) is 5.66. The molecule has 25 heavy (non-hydrogen) atoms. The molecule has 0 fully saturated rings. The van der Waals surface area contributed by atoms with Crippen LogP contribution in [0.25, 0.3) is 10.2 Å². The van der Waals surface area contributed by atoms with Crippen molar-refractivity contribution in [2.45, 2.75) is 17.4 Å². The van der Waals surface area contributed by atoms with E-state index in [1.807, 2.05) is 36.6 Å². The second kappa shape index (κ2) is 8.89. The number of nitrogens with zero attached hydrogens (tertiary/aromatic N) is 1. The second-order valence-corrected chi connectivity index (χ2v) is 7.32. The van der Waals surface area contributed by atoms with Crippen molar-refractivity contribution < 1.29 is 13.9 Å². The monoisotopic (exact) mass is 377 g/mol. The normalized spacial score (nSPS) is 10.9.